The normalized spacial score (nSPS) is 30.0. The summed E-state index contributed by atoms with van der Waals surface area (Å²) < 4.78 is 6.16. The van der Waals surface area contributed by atoms with Crippen molar-refractivity contribution >= 4 is 24.0 Å². The fourth-order valence-corrected chi connectivity index (χ4v) is 6.85. The predicted molar refractivity (Wildman–Crippen MR) is 126 cm³/mol. The van der Waals surface area contributed by atoms with E-state index in [1.807, 2.05) is 24.3 Å². The average molecular weight is 446 g/mol. The maximum atomic E-state index is 6.16. The molecule has 2 nitrogen and oxygen atoms in total. The monoisotopic (exact) mass is 445 g/mol. The Balaban J connectivity index is 0.00000218. The van der Waals surface area contributed by atoms with Crippen molar-refractivity contribution in [1.82, 2.24) is 5.32 Å². The zero-order valence-corrected chi connectivity index (χ0v) is 19.4. The Morgan fingerprint density at radius 3 is 2.20 bits per heavy atom. The smallest absolute Gasteiger partial charge is 0.124 e. The van der Waals surface area contributed by atoms with Crippen molar-refractivity contribution in [1.29, 1.82) is 0 Å². The lowest BCUT2D eigenvalue weighted by Crippen LogP contribution is -2.54. The van der Waals surface area contributed by atoms with Crippen LogP contribution in [0.4, 0.5) is 0 Å². The molecule has 2 aromatic rings. The molecule has 2 aromatic carbocycles. The minimum Gasteiger partial charge on any atom is -0.489 e. The minimum atomic E-state index is 0. The molecule has 0 aromatic heterocycles. The van der Waals surface area contributed by atoms with E-state index in [2.05, 4.69) is 36.5 Å². The second-order valence-electron chi connectivity index (χ2n) is 9.91. The molecule has 6 rings (SSSR count). The van der Waals surface area contributed by atoms with Crippen molar-refractivity contribution in [3.63, 3.8) is 0 Å². The summed E-state index contributed by atoms with van der Waals surface area (Å²) in [5, 5.41) is 4.67. The molecule has 1 N–H and O–H groups in total. The molecule has 0 heterocycles. The third-order valence-electron chi connectivity index (χ3n) is 7.88. The first-order valence-corrected chi connectivity index (χ1v) is 11.7. The van der Waals surface area contributed by atoms with Gasteiger partial charge in [-0.25, -0.2) is 0 Å². The van der Waals surface area contributed by atoms with Crippen molar-refractivity contribution in [2.24, 2.45) is 23.2 Å². The van der Waals surface area contributed by atoms with Gasteiger partial charge in [0.15, 0.2) is 0 Å². The quantitative estimate of drug-likeness (QED) is 0.493. The highest BCUT2D eigenvalue weighted by Gasteiger charge is 2.52. The molecule has 4 aliphatic rings. The molecule has 4 saturated carbocycles. The molecule has 1 unspecified atom stereocenters. The van der Waals surface area contributed by atoms with Crippen LogP contribution in [0.1, 0.15) is 56.6 Å². The van der Waals surface area contributed by atoms with Crippen LogP contribution in [0.3, 0.4) is 0 Å². The number of halogens is 2. The van der Waals surface area contributed by atoms with Crippen LogP contribution in [-0.4, -0.2) is 6.04 Å². The van der Waals surface area contributed by atoms with Crippen molar-refractivity contribution < 1.29 is 4.74 Å². The molecule has 0 radical (unpaired) electrons. The van der Waals surface area contributed by atoms with Crippen LogP contribution < -0.4 is 10.1 Å². The molecule has 1 atom stereocenters. The van der Waals surface area contributed by atoms with Crippen molar-refractivity contribution in [2.75, 3.05) is 0 Å². The zero-order valence-electron chi connectivity index (χ0n) is 17.8. The fraction of sp³-hybridized carbons (Fsp3) is 0.538. The van der Waals surface area contributed by atoms with Gasteiger partial charge in [-0.15, -0.1) is 12.4 Å². The van der Waals surface area contributed by atoms with Crippen molar-refractivity contribution in [3.05, 3.63) is 64.7 Å². The van der Waals surface area contributed by atoms with Crippen LogP contribution in [0, 0.1) is 23.2 Å². The second-order valence-corrected chi connectivity index (χ2v) is 10.3. The lowest BCUT2D eigenvalue weighted by molar-refractivity contribution is -0.0706. The second kappa shape index (κ2) is 9.10. The van der Waals surface area contributed by atoms with Gasteiger partial charge in [-0.1, -0.05) is 41.9 Å². The van der Waals surface area contributed by atoms with E-state index in [0.717, 1.165) is 40.6 Å². The van der Waals surface area contributed by atoms with Crippen LogP contribution in [0.5, 0.6) is 5.75 Å². The van der Waals surface area contributed by atoms with Gasteiger partial charge in [-0.3, -0.25) is 0 Å². The van der Waals surface area contributed by atoms with E-state index in [4.69, 9.17) is 16.3 Å². The topological polar surface area (TPSA) is 21.3 Å². The summed E-state index contributed by atoms with van der Waals surface area (Å²) in [6, 6.07) is 16.9. The number of nitrogens with one attached hydrogen (secondary N) is 1. The van der Waals surface area contributed by atoms with Gasteiger partial charge < -0.3 is 10.1 Å². The number of rotatable bonds is 7. The van der Waals surface area contributed by atoms with Gasteiger partial charge in [0.1, 0.15) is 12.4 Å². The van der Waals surface area contributed by atoms with Crippen LogP contribution in [0.25, 0.3) is 0 Å². The van der Waals surface area contributed by atoms with Gasteiger partial charge in [0.2, 0.25) is 0 Å². The molecule has 4 bridgehead atoms. The van der Waals surface area contributed by atoms with E-state index in [9.17, 15) is 0 Å². The highest BCUT2D eigenvalue weighted by molar-refractivity contribution is 6.30. The standard InChI is InChI=1S/C26H32ClNO.ClH/c1-18(26-13-20-10-21(14-26)12-22(11-20)15-26)28-16-23-4-2-3-5-25(23)29-17-19-6-8-24(27)9-7-19;/h2-9,18,20-22,28H,10-17H2,1H3;1H. The van der Waals surface area contributed by atoms with Gasteiger partial charge in [0, 0.05) is 23.2 Å². The molecule has 4 heteroatoms. The van der Waals surface area contributed by atoms with Gasteiger partial charge in [0.05, 0.1) is 0 Å². The predicted octanol–water partition coefficient (Wildman–Crippen LogP) is 7.04. The summed E-state index contributed by atoms with van der Waals surface area (Å²) in [5.74, 6) is 3.98. The molecular weight excluding hydrogens is 413 g/mol. The Bertz CT molecular complexity index is 815. The molecule has 4 fully saturated rings. The lowest BCUT2D eigenvalue weighted by Gasteiger charge is -2.59. The van der Waals surface area contributed by atoms with Gasteiger partial charge >= 0.3 is 0 Å². The largest absolute Gasteiger partial charge is 0.489 e. The van der Waals surface area contributed by atoms with Crippen LogP contribution >= 0.6 is 24.0 Å². The number of hydrogen-bond acceptors (Lipinski definition) is 2. The molecular formula is C26H33Cl2NO. The SMILES string of the molecule is CC(NCc1ccccc1OCc1ccc(Cl)cc1)C12CC3CC(CC(C3)C1)C2.Cl. The van der Waals surface area contributed by atoms with Crippen LogP contribution in [-0.2, 0) is 13.2 Å². The Labute approximate surface area is 192 Å². The first kappa shape index (κ1) is 22.0. The first-order valence-electron chi connectivity index (χ1n) is 11.3. The molecule has 0 aliphatic heterocycles. The molecule has 162 valence electrons. The van der Waals surface area contributed by atoms with Gasteiger partial charge in [-0.05, 0) is 92.4 Å². The van der Waals surface area contributed by atoms with E-state index in [0.29, 0.717) is 18.1 Å². The lowest BCUT2D eigenvalue weighted by atomic mass is 9.48. The average Bonchev–Trinajstić information content (AvgIpc) is 2.71. The van der Waals surface area contributed by atoms with E-state index >= 15 is 0 Å². The summed E-state index contributed by atoms with van der Waals surface area (Å²) >= 11 is 5.99. The van der Waals surface area contributed by atoms with Crippen molar-refractivity contribution in [3.8, 4) is 5.75 Å². The van der Waals surface area contributed by atoms with E-state index in [1.165, 1.54) is 44.1 Å². The van der Waals surface area contributed by atoms with Crippen LogP contribution in [0.15, 0.2) is 48.5 Å². The van der Waals surface area contributed by atoms with E-state index < -0.39 is 0 Å². The fourth-order valence-electron chi connectivity index (χ4n) is 6.72. The number of benzene rings is 2. The Morgan fingerprint density at radius 2 is 1.57 bits per heavy atom. The summed E-state index contributed by atoms with van der Waals surface area (Å²) in [6.07, 6.45) is 8.86. The Morgan fingerprint density at radius 1 is 0.967 bits per heavy atom. The Hall–Kier alpha value is -1.22. The van der Waals surface area contributed by atoms with Crippen molar-refractivity contribution in [2.45, 2.75) is 64.6 Å². The number of ether oxygens (including phenoxy) is 1. The molecule has 0 amide bonds. The van der Waals surface area contributed by atoms with Gasteiger partial charge in [0.25, 0.3) is 0 Å². The zero-order chi connectivity index (χ0) is 19.8. The molecule has 4 aliphatic carbocycles. The molecule has 30 heavy (non-hydrogen) atoms. The molecule has 0 saturated heterocycles. The summed E-state index contributed by atoms with van der Waals surface area (Å²) in [6.45, 7) is 3.88. The van der Waals surface area contributed by atoms with Crippen LogP contribution in [0.2, 0.25) is 5.02 Å². The Kier molecular flexibility index (Phi) is 6.67. The maximum absolute atomic E-state index is 6.16. The van der Waals surface area contributed by atoms with E-state index in [1.54, 1.807) is 0 Å². The first-order chi connectivity index (χ1) is 14.1. The highest BCUT2D eigenvalue weighted by Crippen LogP contribution is 2.61. The molecule has 0 spiro atoms. The highest BCUT2D eigenvalue weighted by atomic mass is 35.5. The maximum Gasteiger partial charge on any atom is 0.124 e. The van der Waals surface area contributed by atoms with Gasteiger partial charge in [-0.2, -0.15) is 0 Å². The third-order valence-corrected chi connectivity index (χ3v) is 8.14. The third kappa shape index (κ3) is 4.52. The number of para-hydroxylation sites is 1. The van der Waals surface area contributed by atoms with E-state index in [-0.39, 0.29) is 12.4 Å². The summed E-state index contributed by atoms with van der Waals surface area (Å²) in [4.78, 5) is 0. The minimum absolute atomic E-state index is 0. The number of hydrogen-bond donors (Lipinski definition) is 1. The summed E-state index contributed by atoms with van der Waals surface area (Å²) in [7, 11) is 0. The summed E-state index contributed by atoms with van der Waals surface area (Å²) in [5.41, 5.74) is 2.92.